The molecule has 0 aromatic rings. The van der Waals surface area contributed by atoms with Crippen molar-refractivity contribution in [2.24, 2.45) is 11.7 Å². The molecule has 0 spiro atoms. The molecule has 0 aromatic heterocycles. The minimum atomic E-state index is -1.02. The average Bonchev–Trinajstić information content (AvgIpc) is 3.02. The molecule has 1 aliphatic carbocycles. The van der Waals surface area contributed by atoms with E-state index in [4.69, 9.17) is 10.5 Å². The van der Waals surface area contributed by atoms with E-state index >= 15 is 0 Å². The molecule has 2 amide bonds. The van der Waals surface area contributed by atoms with Crippen LogP contribution in [0.2, 0.25) is 0 Å². The van der Waals surface area contributed by atoms with Gasteiger partial charge in [0.2, 0.25) is 11.8 Å². The van der Waals surface area contributed by atoms with Crippen molar-refractivity contribution in [2.75, 3.05) is 6.61 Å². The fraction of sp³-hybridized carbons (Fsp3) is 0.727. The molecule has 0 bridgehead atoms. The summed E-state index contributed by atoms with van der Waals surface area (Å²) < 4.78 is 4.94. The highest BCUT2D eigenvalue weighted by Gasteiger charge is 2.40. The Morgan fingerprint density at radius 3 is 2.71 bits per heavy atom. The van der Waals surface area contributed by atoms with E-state index in [0.29, 0.717) is 12.3 Å². The first-order valence-electron chi connectivity index (χ1n) is 5.81. The lowest BCUT2D eigenvalue weighted by atomic mass is 10.1. The van der Waals surface area contributed by atoms with Gasteiger partial charge in [-0.1, -0.05) is 12.8 Å². The normalized spacial score (nSPS) is 28.1. The van der Waals surface area contributed by atoms with Gasteiger partial charge in [-0.05, 0) is 12.3 Å². The first kappa shape index (κ1) is 12.0. The number of primary amides is 1. The zero-order valence-corrected chi connectivity index (χ0v) is 9.48. The van der Waals surface area contributed by atoms with Crippen LogP contribution in [-0.4, -0.2) is 36.4 Å². The molecule has 3 N–H and O–H groups in total. The van der Waals surface area contributed by atoms with E-state index in [2.05, 4.69) is 5.32 Å². The number of hydrogen-bond donors (Lipinski definition) is 2. The lowest BCUT2D eigenvalue weighted by molar-refractivity contribution is -0.130. The molecule has 2 rings (SSSR count). The van der Waals surface area contributed by atoms with Gasteiger partial charge in [0.25, 0.3) is 0 Å². The maximum absolute atomic E-state index is 11.6. The second-order valence-corrected chi connectivity index (χ2v) is 4.63. The summed E-state index contributed by atoms with van der Waals surface area (Å²) in [4.78, 5) is 34.0. The summed E-state index contributed by atoms with van der Waals surface area (Å²) in [5.74, 6) is -0.577. The summed E-state index contributed by atoms with van der Waals surface area (Å²) in [5, 5.41) is 2.53. The van der Waals surface area contributed by atoms with Crippen LogP contribution in [0.5, 0.6) is 0 Å². The first-order chi connectivity index (χ1) is 8.08. The minimum Gasteiger partial charge on any atom is -0.367 e. The molecule has 2 aliphatic rings. The molecule has 1 saturated carbocycles. The molecule has 94 valence electrons. The Kier molecular flexibility index (Phi) is 3.42. The van der Waals surface area contributed by atoms with Crippen molar-refractivity contribution in [2.45, 2.75) is 37.8 Å². The predicted octanol–water partition coefficient (Wildman–Crippen LogP) is -0.885. The standard InChI is InChI=1S/C11H16N2O4/c12-11(16)10-9(7(14)5-17-10)13-8(15)4-3-6-1-2-6/h6,9-10H,1-5H2,(H2,12,16)(H,13,15)/t9-,10-/m1/s1. The summed E-state index contributed by atoms with van der Waals surface area (Å²) in [7, 11) is 0. The topological polar surface area (TPSA) is 98.5 Å². The van der Waals surface area contributed by atoms with E-state index in [1.54, 1.807) is 0 Å². The summed E-state index contributed by atoms with van der Waals surface area (Å²) in [5.41, 5.74) is 5.09. The number of nitrogens with two attached hydrogens (primary N) is 1. The molecule has 1 saturated heterocycles. The Morgan fingerprint density at radius 2 is 2.12 bits per heavy atom. The monoisotopic (exact) mass is 240 g/mol. The van der Waals surface area contributed by atoms with Crippen LogP contribution in [0.15, 0.2) is 0 Å². The number of Topliss-reactive ketones (excluding diaryl/α,β-unsaturated/α-hetero) is 1. The largest absolute Gasteiger partial charge is 0.367 e. The number of ketones is 1. The maximum atomic E-state index is 11.6. The van der Waals surface area contributed by atoms with Gasteiger partial charge in [0.15, 0.2) is 11.9 Å². The third-order valence-electron chi connectivity index (χ3n) is 3.13. The molecular formula is C11H16N2O4. The molecule has 17 heavy (non-hydrogen) atoms. The third kappa shape index (κ3) is 3.03. The molecule has 1 heterocycles. The van der Waals surface area contributed by atoms with Gasteiger partial charge in [-0.2, -0.15) is 0 Å². The van der Waals surface area contributed by atoms with Crippen LogP contribution in [0.1, 0.15) is 25.7 Å². The molecule has 2 atom stereocenters. The minimum absolute atomic E-state index is 0.165. The zero-order valence-electron chi connectivity index (χ0n) is 9.48. The second-order valence-electron chi connectivity index (χ2n) is 4.63. The molecule has 0 unspecified atom stereocenters. The zero-order chi connectivity index (χ0) is 12.4. The summed E-state index contributed by atoms with van der Waals surface area (Å²) in [6.07, 6.45) is 2.58. The number of ether oxygens (including phenoxy) is 1. The number of carbonyl (C=O) groups excluding carboxylic acids is 3. The van der Waals surface area contributed by atoms with E-state index < -0.39 is 18.1 Å². The van der Waals surface area contributed by atoms with E-state index in [0.717, 1.165) is 6.42 Å². The Hall–Kier alpha value is -1.43. The Morgan fingerprint density at radius 1 is 1.41 bits per heavy atom. The van der Waals surface area contributed by atoms with E-state index in [-0.39, 0.29) is 18.3 Å². The molecule has 6 heteroatoms. The van der Waals surface area contributed by atoms with Gasteiger partial charge in [-0.15, -0.1) is 0 Å². The van der Waals surface area contributed by atoms with Gasteiger partial charge in [0, 0.05) is 6.42 Å². The lowest BCUT2D eigenvalue weighted by Gasteiger charge is -2.15. The van der Waals surface area contributed by atoms with Crippen LogP contribution in [0.25, 0.3) is 0 Å². The van der Waals surface area contributed by atoms with Crippen molar-refractivity contribution in [3.05, 3.63) is 0 Å². The van der Waals surface area contributed by atoms with E-state index in [9.17, 15) is 14.4 Å². The highest BCUT2D eigenvalue weighted by Crippen LogP contribution is 2.33. The van der Waals surface area contributed by atoms with Crippen LogP contribution >= 0.6 is 0 Å². The molecule has 0 aromatic carbocycles. The lowest BCUT2D eigenvalue weighted by Crippen LogP contribution is -2.49. The van der Waals surface area contributed by atoms with E-state index in [1.807, 2.05) is 0 Å². The third-order valence-corrected chi connectivity index (χ3v) is 3.13. The smallest absolute Gasteiger partial charge is 0.249 e. The van der Waals surface area contributed by atoms with Crippen LogP contribution < -0.4 is 11.1 Å². The number of amides is 2. The average molecular weight is 240 g/mol. The van der Waals surface area contributed by atoms with Crippen LogP contribution in [-0.2, 0) is 19.1 Å². The van der Waals surface area contributed by atoms with Gasteiger partial charge in [-0.25, -0.2) is 0 Å². The molecular weight excluding hydrogens is 224 g/mol. The highest BCUT2D eigenvalue weighted by molar-refractivity contribution is 5.98. The summed E-state index contributed by atoms with van der Waals surface area (Å²) >= 11 is 0. The van der Waals surface area contributed by atoms with Gasteiger partial charge in [0.1, 0.15) is 12.6 Å². The van der Waals surface area contributed by atoms with Gasteiger partial charge in [-0.3, -0.25) is 14.4 Å². The van der Waals surface area contributed by atoms with Crippen molar-refractivity contribution >= 4 is 17.6 Å². The van der Waals surface area contributed by atoms with Crippen molar-refractivity contribution in [1.82, 2.24) is 5.32 Å². The van der Waals surface area contributed by atoms with Gasteiger partial charge >= 0.3 is 0 Å². The number of carbonyl (C=O) groups is 3. The molecule has 1 aliphatic heterocycles. The van der Waals surface area contributed by atoms with Crippen LogP contribution in [0.3, 0.4) is 0 Å². The maximum Gasteiger partial charge on any atom is 0.249 e. The summed E-state index contributed by atoms with van der Waals surface area (Å²) in [6.45, 7) is -0.165. The predicted molar refractivity (Wildman–Crippen MR) is 57.8 cm³/mol. The molecule has 2 fully saturated rings. The quantitative estimate of drug-likeness (QED) is 0.651. The van der Waals surface area contributed by atoms with Crippen molar-refractivity contribution in [3.8, 4) is 0 Å². The number of nitrogens with one attached hydrogen (secondary N) is 1. The van der Waals surface area contributed by atoms with Gasteiger partial charge < -0.3 is 15.8 Å². The highest BCUT2D eigenvalue weighted by atomic mass is 16.5. The van der Waals surface area contributed by atoms with Crippen molar-refractivity contribution in [1.29, 1.82) is 0 Å². The van der Waals surface area contributed by atoms with Crippen LogP contribution in [0, 0.1) is 5.92 Å². The number of hydrogen-bond acceptors (Lipinski definition) is 4. The fourth-order valence-electron chi connectivity index (χ4n) is 1.92. The Labute approximate surface area is 98.9 Å². The van der Waals surface area contributed by atoms with Crippen molar-refractivity contribution in [3.63, 3.8) is 0 Å². The Bertz CT molecular complexity index is 351. The fourth-order valence-corrected chi connectivity index (χ4v) is 1.92. The van der Waals surface area contributed by atoms with Crippen LogP contribution in [0.4, 0.5) is 0 Å². The van der Waals surface area contributed by atoms with E-state index in [1.165, 1.54) is 12.8 Å². The Balaban J connectivity index is 1.84. The summed E-state index contributed by atoms with van der Waals surface area (Å²) in [6, 6.07) is -0.904. The first-order valence-corrected chi connectivity index (χ1v) is 5.81. The van der Waals surface area contributed by atoms with Crippen molar-refractivity contribution < 1.29 is 19.1 Å². The molecule has 0 radical (unpaired) electrons. The molecule has 6 nitrogen and oxygen atoms in total. The van der Waals surface area contributed by atoms with Gasteiger partial charge in [0.05, 0.1) is 0 Å². The number of rotatable bonds is 5. The second kappa shape index (κ2) is 4.83. The SMILES string of the molecule is NC(=O)[C@@H]1OCC(=O)[C@H]1NC(=O)CCC1CC1.